The molecule has 1 aromatic heterocycles. The van der Waals surface area contributed by atoms with Gasteiger partial charge in [-0.2, -0.15) is 0 Å². The number of aliphatic hydroxyl groups is 1. The van der Waals surface area contributed by atoms with Crippen molar-refractivity contribution in [2.75, 3.05) is 0 Å². The lowest BCUT2D eigenvalue weighted by Gasteiger charge is -2.30. The van der Waals surface area contributed by atoms with E-state index in [4.69, 9.17) is 14.5 Å². The maximum absolute atomic E-state index is 12.1. The molecule has 1 amide bonds. The Balaban J connectivity index is 1.37. The number of nitrogens with zero attached hydrogens (tertiary/aromatic N) is 1. The third kappa shape index (κ3) is 7.03. The van der Waals surface area contributed by atoms with E-state index in [1.165, 1.54) is 0 Å². The topological polar surface area (TPSA) is 80.7 Å². The maximum Gasteiger partial charge on any atom is 0.223 e. The van der Waals surface area contributed by atoms with Gasteiger partial charge in [-0.1, -0.05) is 42.5 Å². The molecule has 1 heterocycles. The Morgan fingerprint density at radius 1 is 1.03 bits per heavy atom. The molecule has 6 heteroatoms. The molecule has 186 valence electrons. The van der Waals surface area contributed by atoms with E-state index in [9.17, 15) is 9.90 Å². The summed E-state index contributed by atoms with van der Waals surface area (Å²) in [4.78, 5) is 17.0. The molecule has 1 saturated carbocycles. The van der Waals surface area contributed by atoms with E-state index in [1.54, 1.807) is 13.8 Å². The van der Waals surface area contributed by atoms with Crippen LogP contribution in [-0.4, -0.2) is 33.7 Å². The van der Waals surface area contributed by atoms with Crippen molar-refractivity contribution < 1.29 is 19.4 Å². The summed E-state index contributed by atoms with van der Waals surface area (Å²) in [5, 5.41) is 13.9. The number of amides is 1. The van der Waals surface area contributed by atoms with Crippen LogP contribution in [0.25, 0.3) is 10.9 Å². The van der Waals surface area contributed by atoms with Crippen LogP contribution >= 0.6 is 0 Å². The smallest absolute Gasteiger partial charge is 0.223 e. The number of para-hydroxylation sites is 1. The molecule has 0 saturated heterocycles. The minimum absolute atomic E-state index is 0.0964. The Hall–Kier alpha value is -2.96. The van der Waals surface area contributed by atoms with Crippen LogP contribution < -0.4 is 10.1 Å². The zero-order valence-electron chi connectivity index (χ0n) is 20.9. The molecule has 3 aromatic rings. The Kier molecular flexibility index (Phi) is 8.04. The van der Waals surface area contributed by atoms with Crippen LogP contribution in [0.1, 0.15) is 62.8 Å². The summed E-state index contributed by atoms with van der Waals surface area (Å²) in [6.07, 6.45) is 3.77. The number of pyridine rings is 1. The number of hydrogen-bond acceptors (Lipinski definition) is 5. The first-order valence-corrected chi connectivity index (χ1v) is 12.5. The normalized spacial score (nSPS) is 18.4. The van der Waals surface area contributed by atoms with Crippen LogP contribution in [0.3, 0.4) is 0 Å². The van der Waals surface area contributed by atoms with Gasteiger partial charge in [-0.25, -0.2) is 4.98 Å². The molecular weight excluding hydrogens is 440 g/mol. The van der Waals surface area contributed by atoms with Crippen molar-refractivity contribution in [3.63, 3.8) is 0 Å². The summed E-state index contributed by atoms with van der Waals surface area (Å²) in [5.41, 5.74) is 2.94. The van der Waals surface area contributed by atoms with Gasteiger partial charge < -0.3 is 19.9 Å². The summed E-state index contributed by atoms with van der Waals surface area (Å²) in [6.45, 7) is 6.28. The minimum atomic E-state index is -0.987. The first-order chi connectivity index (χ1) is 16.8. The van der Waals surface area contributed by atoms with Crippen LogP contribution in [-0.2, 0) is 22.7 Å². The summed E-state index contributed by atoms with van der Waals surface area (Å²) >= 11 is 0. The molecule has 0 bridgehead atoms. The van der Waals surface area contributed by atoms with Gasteiger partial charge in [-0.3, -0.25) is 4.79 Å². The second-order valence-corrected chi connectivity index (χ2v) is 10.1. The average Bonchev–Trinajstić information content (AvgIpc) is 2.82. The average molecular weight is 477 g/mol. The standard InChI is InChI=1S/C29H36N2O4/c1-20-26(19-34-23-15-13-22(14-16-23)30-27(32)17-29(2,3)33)31-25-12-8-7-11-24(25)28(20)35-18-21-9-5-4-6-10-21/h4-12,22-23,33H,13-19H2,1-3H3,(H,30,32). The lowest BCUT2D eigenvalue weighted by atomic mass is 9.92. The van der Waals surface area contributed by atoms with Crippen molar-refractivity contribution in [3.8, 4) is 5.75 Å². The Labute approximate surface area is 207 Å². The van der Waals surface area contributed by atoms with Crippen molar-refractivity contribution in [2.45, 2.75) is 83.8 Å². The second kappa shape index (κ2) is 11.2. The van der Waals surface area contributed by atoms with Crippen molar-refractivity contribution in [1.82, 2.24) is 10.3 Å². The highest BCUT2D eigenvalue weighted by Gasteiger charge is 2.25. The summed E-state index contributed by atoms with van der Waals surface area (Å²) in [6, 6.07) is 18.4. The quantitative estimate of drug-likeness (QED) is 0.442. The molecule has 0 aliphatic heterocycles. The van der Waals surface area contributed by atoms with Gasteiger partial charge in [-0.05, 0) is 64.2 Å². The van der Waals surface area contributed by atoms with Gasteiger partial charge in [0.1, 0.15) is 12.4 Å². The van der Waals surface area contributed by atoms with Gasteiger partial charge in [0, 0.05) is 17.0 Å². The molecule has 0 unspecified atom stereocenters. The second-order valence-electron chi connectivity index (χ2n) is 10.1. The van der Waals surface area contributed by atoms with E-state index in [2.05, 4.69) is 17.4 Å². The largest absolute Gasteiger partial charge is 0.488 e. The molecule has 2 N–H and O–H groups in total. The molecule has 2 aromatic carbocycles. The predicted molar refractivity (Wildman–Crippen MR) is 137 cm³/mol. The highest BCUT2D eigenvalue weighted by atomic mass is 16.5. The SMILES string of the molecule is Cc1c(COC2CCC(NC(=O)CC(C)(C)O)CC2)nc2ccccc2c1OCc1ccccc1. The molecule has 4 rings (SSSR count). The van der Waals surface area contributed by atoms with Crippen molar-refractivity contribution in [3.05, 3.63) is 71.4 Å². The molecule has 1 fully saturated rings. The minimum Gasteiger partial charge on any atom is -0.488 e. The fourth-order valence-electron chi connectivity index (χ4n) is 4.62. The number of nitrogens with one attached hydrogen (secondary N) is 1. The van der Waals surface area contributed by atoms with Crippen molar-refractivity contribution >= 4 is 16.8 Å². The Morgan fingerprint density at radius 3 is 2.43 bits per heavy atom. The van der Waals surface area contributed by atoms with Gasteiger partial charge >= 0.3 is 0 Å². The molecule has 35 heavy (non-hydrogen) atoms. The van der Waals surface area contributed by atoms with Crippen LogP contribution in [0, 0.1) is 6.92 Å². The van der Waals surface area contributed by atoms with E-state index in [1.807, 2.05) is 49.4 Å². The third-order valence-corrected chi connectivity index (χ3v) is 6.49. The molecule has 0 spiro atoms. The van der Waals surface area contributed by atoms with Gasteiger partial charge in [-0.15, -0.1) is 0 Å². The number of benzene rings is 2. The fraction of sp³-hybridized carbons (Fsp3) is 0.448. The van der Waals surface area contributed by atoms with Crippen molar-refractivity contribution in [2.24, 2.45) is 0 Å². The first kappa shape index (κ1) is 25.1. The van der Waals surface area contributed by atoms with E-state index in [0.717, 1.165) is 59.2 Å². The van der Waals surface area contributed by atoms with E-state index < -0.39 is 5.60 Å². The molecule has 6 nitrogen and oxygen atoms in total. The van der Waals surface area contributed by atoms with Crippen LogP contribution in [0.15, 0.2) is 54.6 Å². The van der Waals surface area contributed by atoms with Crippen LogP contribution in [0.4, 0.5) is 0 Å². The molecular formula is C29H36N2O4. The molecule has 1 aliphatic carbocycles. The van der Waals surface area contributed by atoms with E-state index >= 15 is 0 Å². The van der Waals surface area contributed by atoms with Crippen LogP contribution in [0.5, 0.6) is 5.75 Å². The maximum atomic E-state index is 12.1. The number of aromatic nitrogens is 1. The highest BCUT2D eigenvalue weighted by Crippen LogP contribution is 2.32. The van der Waals surface area contributed by atoms with E-state index in [-0.39, 0.29) is 24.5 Å². The lowest BCUT2D eigenvalue weighted by molar-refractivity contribution is -0.126. The first-order valence-electron chi connectivity index (χ1n) is 12.5. The van der Waals surface area contributed by atoms with Gasteiger partial charge in [0.05, 0.1) is 35.9 Å². The number of fused-ring (bicyclic) bond motifs is 1. The van der Waals surface area contributed by atoms with Gasteiger partial charge in [0.15, 0.2) is 0 Å². The van der Waals surface area contributed by atoms with Crippen LogP contribution in [0.2, 0.25) is 0 Å². The Morgan fingerprint density at radius 2 is 1.71 bits per heavy atom. The van der Waals surface area contributed by atoms with Crippen molar-refractivity contribution in [1.29, 1.82) is 0 Å². The zero-order chi connectivity index (χ0) is 24.8. The molecule has 0 atom stereocenters. The van der Waals surface area contributed by atoms with E-state index in [0.29, 0.717) is 13.2 Å². The number of hydrogen-bond donors (Lipinski definition) is 2. The Bertz CT molecular complexity index is 1130. The summed E-state index contributed by atoms with van der Waals surface area (Å²) in [7, 11) is 0. The fourth-order valence-corrected chi connectivity index (χ4v) is 4.62. The van der Waals surface area contributed by atoms with Gasteiger partial charge in [0.2, 0.25) is 5.91 Å². The number of rotatable bonds is 9. The number of carbonyl (C=O) groups excluding carboxylic acids is 1. The summed E-state index contributed by atoms with van der Waals surface area (Å²) < 4.78 is 12.6. The summed E-state index contributed by atoms with van der Waals surface area (Å²) in [5.74, 6) is 0.761. The predicted octanol–water partition coefficient (Wildman–Crippen LogP) is 5.23. The van der Waals surface area contributed by atoms with Gasteiger partial charge in [0.25, 0.3) is 0 Å². The number of carbonyl (C=O) groups is 1. The monoisotopic (exact) mass is 476 g/mol. The highest BCUT2D eigenvalue weighted by molar-refractivity contribution is 5.86. The number of ether oxygens (including phenoxy) is 2. The third-order valence-electron chi connectivity index (χ3n) is 6.49. The zero-order valence-corrected chi connectivity index (χ0v) is 20.9. The lowest BCUT2D eigenvalue weighted by Crippen LogP contribution is -2.41. The molecule has 0 radical (unpaired) electrons. The molecule has 1 aliphatic rings.